The van der Waals surface area contributed by atoms with Gasteiger partial charge in [-0.05, 0) is 18.2 Å². The number of nitrogens with two attached hydrogens (primary N) is 1. The number of benzene rings is 2. The Hall–Kier alpha value is -2.76. The summed E-state index contributed by atoms with van der Waals surface area (Å²) in [6.45, 7) is 0. The Labute approximate surface area is 121 Å². The van der Waals surface area contributed by atoms with Crippen molar-refractivity contribution in [3.8, 4) is 23.0 Å². The normalized spacial score (nSPS) is 10.0. The summed E-state index contributed by atoms with van der Waals surface area (Å²) in [6, 6.07) is 8.98. The highest BCUT2D eigenvalue weighted by Gasteiger charge is 2.09. The van der Waals surface area contributed by atoms with Gasteiger partial charge in [-0.2, -0.15) is 0 Å². The third-order valence-corrected chi connectivity index (χ3v) is 2.80. The minimum Gasteiger partial charge on any atom is -0.496 e. The summed E-state index contributed by atoms with van der Waals surface area (Å²) in [5, 5.41) is 7.27. The number of ether oxygens (including phenoxy) is 3. The number of hydrogen-bond acceptors (Lipinski definition) is 4. The van der Waals surface area contributed by atoms with E-state index in [0.29, 0.717) is 22.8 Å². The molecule has 0 heterocycles. The summed E-state index contributed by atoms with van der Waals surface area (Å²) >= 11 is 0. The van der Waals surface area contributed by atoms with E-state index in [9.17, 15) is 4.39 Å². The van der Waals surface area contributed by atoms with Crippen molar-refractivity contribution in [2.75, 3.05) is 14.2 Å². The first-order chi connectivity index (χ1) is 10.0. The minimum absolute atomic E-state index is 0.0234. The molecule has 110 valence electrons. The quantitative estimate of drug-likeness (QED) is 0.655. The zero-order valence-corrected chi connectivity index (χ0v) is 11.6. The number of halogens is 1. The monoisotopic (exact) mass is 290 g/mol. The van der Waals surface area contributed by atoms with Crippen LogP contribution in [-0.4, -0.2) is 20.1 Å². The lowest BCUT2D eigenvalue weighted by molar-refractivity contribution is 0.383. The average molecular weight is 290 g/mol. The topological polar surface area (TPSA) is 77.6 Å². The number of nitrogen functional groups attached to an aromatic ring is 1. The van der Waals surface area contributed by atoms with Gasteiger partial charge in [-0.25, -0.2) is 4.39 Å². The first kappa shape index (κ1) is 14.6. The molecule has 0 aromatic heterocycles. The molecule has 0 atom stereocenters. The molecule has 0 amide bonds. The molecule has 5 nitrogen and oxygen atoms in total. The molecule has 0 unspecified atom stereocenters. The summed E-state index contributed by atoms with van der Waals surface area (Å²) in [4.78, 5) is 0. The van der Waals surface area contributed by atoms with Crippen molar-refractivity contribution >= 4 is 5.84 Å². The van der Waals surface area contributed by atoms with Crippen LogP contribution in [0.1, 0.15) is 5.56 Å². The van der Waals surface area contributed by atoms with Crippen molar-refractivity contribution in [1.82, 2.24) is 0 Å². The molecule has 0 spiro atoms. The van der Waals surface area contributed by atoms with E-state index in [1.54, 1.807) is 18.2 Å². The van der Waals surface area contributed by atoms with Crippen molar-refractivity contribution in [2.24, 2.45) is 5.73 Å². The molecule has 21 heavy (non-hydrogen) atoms. The van der Waals surface area contributed by atoms with E-state index in [-0.39, 0.29) is 11.6 Å². The summed E-state index contributed by atoms with van der Waals surface area (Å²) in [5.41, 5.74) is 5.60. The Morgan fingerprint density at radius 1 is 1.00 bits per heavy atom. The SMILES string of the molecule is COc1cc(OC)cc(Oc2ccc(C(=N)N)cc2F)c1. The molecule has 2 aromatic carbocycles. The number of methoxy groups -OCH3 is 2. The zero-order chi connectivity index (χ0) is 15.4. The van der Waals surface area contributed by atoms with Crippen LogP contribution in [0.4, 0.5) is 4.39 Å². The van der Waals surface area contributed by atoms with E-state index < -0.39 is 5.82 Å². The molecule has 0 bridgehead atoms. The molecule has 0 aliphatic heterocycles. The van der Waals surface area contributed by atoms with Crippen molar-refractivity contribution in [2.45, 2.75) is 0 Å². The van der Waals surface area contributed by atoms with Crippen LogP contribution in [-0.2, 0) is 0 Å². The number of hydrogen-bond donors (Lipinski definition) is 2. The van der Waals surface area contributed by atoms with Gasteiger partial charge in [-0.15, -0.1) is 0 Å². The lowest BCUT2D eigenvalue weighted by atomic mass is 10.2. The van der Waals surface area contributed by atoms with Crippen molar-refractivity contribution in [3.63, 3.8) is 0 Å². The van der Waals surface area contributed by atoms with Gasteiger partial charge < -0.3 is 19.9 Å². The van der Waals surface area contributed by atoms with Crippen molar-refractivity contribution in [1.29, 1.82) is 5.41 Å². The summed E-state index contributed by atoms with van der Waals surface area (Å²) in [5.74, 6) is 0.652. The van der Waals surface area contributed by atoms with Gasteiger partial charge in [0.05, 0.1) is 14.2 Å². The fraction of sp³-hybridized carbons (Fsp3) is 0.133. The van der Waals surface area contributed by atoms with Gasteiger partial charge >= 0.3 is 0 Å². The lowest BCUT2D eigenvalue weighted by Crippen LogP contribution is -2.11. The molecule has 0 saturated carbocycles. The van der Waals surface area contributed by atoms with Crippen LogP contribution in [0.2, 0.25) is 0 Å². The van der Waals surface area contributed by atoms with Crippen LogP contribution in [0, 0.1) is 11.2 Å². The molecular formula is C15H15FN2O3. The first-order valence-corrected chi connectivity index (χ1v) is 6.08. The Balaban J connectivity index is 2.31. The summed E-state index contributed by atoms with van der Waals surface area (Å²) in [7, 11) is 3.03. The van der Waals surface area contributed by atoms with Gasteiger partial charge in [0.25, 0.3) is 0 Å². The maximum Gasteiger partial charge on any atom is 0.166 e. The third kappa shape index (κ3) is 3.42. The van der Waals surface area contributed by atoms with Gasteiger partial charge in [0.2, 0.25) is 0 Å². The van der Waals surface area contributed by atoms with Gasteiger partial charge in [0, 0.05) is 23.8 Å². The Morgan fingerprint density at radius 2 is 1.57 bits per heavy atom. The number of rotatable bonds is 5. The molecular weight excluding hydrogens is 275 g/mol. The Kier molecular flexibility index (Phi) is 4.27. The molecule has 0 aliphatic rings. The fourth-order valence-electron chi connectivity index (χ4n) is 1.72. The van der Waals surface area contributed by atoms with Gasteiger partial charge in [-0.3, -0.25) is 5.41 Å². The van der Waals surface area contributed by atoms with Crippen LogP contribution in [0.3, 0.4) is 0 Å². The fourth-order valence-corrected chi connectivity index (χ4v) is 1.72. The van der Waals surface area contributed by atoms with E-state index in [1.165, 1.54) is 26.4 Å². The standard InChI is InChI=1S/C15H15FN2O3/c1-19-10-6-11(20-2)8-12(7-10)21-14-4-3-9(15(17)18)5-13(14)16/h3-8H,1-2H3,(H3,17,18). The van der Waals surface area contributed by atoms with Crippen LogP contribution in [0.25, 0.3) is 0 Å². The largest absolute Gasteiger partial charge is 0.496 e. The second kappa shape index (κ2) is 6.13. The maximum absolute atomic E-state index is 13.9. The minimum atomic E-state index is -0.607. The first-order valence-electron chi connectivity index (χ1n) is 6.08. The Bertz CT molecular complexity index is 652. The molecule has 0 saturated heterocycles. The van der Waals surface area contributed by atoms with E-state index in [1.807, 2.05) is 0 Å². The molecule has 0 radical (unpaired) electrons. The van der Waals surface area contributed by atoms with Crippen LogP contribution < -0.4 is 19.9 Å². The molecule has 2 rings (SSSR count). The Morgan fingerprint density at radius 3 is 2.05 bits per heavy atom. The van der Waals surface area contributed by atoms with E-state index in [2.05, 4.69) is 0 Å². The highest BCUT2D eigenvalue weighted by atomic mass is 19.1. The van der Waals surface area contributed by atoms with E-state index in [4.69, 9.17) is 25.4 Å². The van der Waals surface area contributed by atoms with Gasteiger partial charge in [0.1, 0.15) is 23.1 Å². The second-order valence-electron chi connectivity index (χ2n) is 4.21. The summed E-state index contributed by atoms with van der Waals surface area (Å²) < 4.78 is 29.6. The van der Waals surface area contributed by atoms with Gasteiger partial charge in [-0.1, -0.05) is 0 Å². The van der Waals surface area contributed by atoms with Crippen LogP contribution >= 0.6 is 0 Å². The van der Waals surface area contributed by atoms with Gasteiger partial charge in [0.15, 0.2) is 11.6 Å². The smallest absolute Gasteiger partial charge is 0.166 e. The van der Waals surface area contributed by atoms with Crippen molar-refractivity contribution in [3.05, 3.63) is 47.8 Å². The second-order valence-corrected chi connectivity index (χ2v) is 4.21. The lowest BCUT2D eigenvalue weighted by Gasteiger charge is -2.11. The highest BCUT2D eigenvalue weighted by molar-refractivity contribution is 5.95. The third-order valence-electron chi connectivity index (χ3n) is 2.80. The summed E-state index contributed by atoms with van der Waals surface area (Å²) in [6.07, 6.45) is 0. The molecule has 0 aliphatic carbocycles. The molecule has 6 heteroatoms. The predicted octanol–water partition coefficient (Wildman–Crippen LogP) is 2.92. The van der Waals surface area contributed by atoms with Crippen LogP contribution in [0.15, 0.2) is 36.4 Å². The molecule has 2 aromatic rings. The average Bonchev–Trinajstić information content (AvgIpc) is 2.48. The molecule has 0 fully saturated rings. The number of nitrogens with one attached hydrogen (secondary N) is 1. The van der Waals surface area contributed by atoms with Crippen molar-refractivity contribution < 1.29 is 18.6 Å². The highest BCUT2D eigenvalue weighted by Crippen LogP contribution is 2.32. The maximum atomic E-state index is 13.9. The predicted molar refractivity (Wildman–Crippen MR) is 77.0 cm³/mol. The zero-order valence-electron chi connectivity index (χ0n) is 11.6. The number of amidine groups is 1. The van der Waals surface area contributed by atoms with Crippen LogP contribution in [0.5, 0.6) is 23.0 Å². The van der Waals surface area contributed by atoms with E-state index in [0.717, 1.165) is 6.07 Å². The van der Waals surface area contributed by atoms with E-state index >= 15 is 0 Å². The molecule has 3 N–H and O–H groups in total.